The second-order valence-electron chi connectivity index (χ2n) is 4.05. The summed E-state index contributed by atoms with van der Waals surface area (Å²) in [5.41, 5.74) is 2.19. The second-order valence-corrected chi connectivity index (χ2v) is 4.96. The van der Waals surface area contributed by atoms with Crippen LogP contribution in [-0.2, 0) is 4.79 Å². The standard InChI is InChI=1S/C16H13BrO2/c1-12(18)19-16-10-6-14(7-11-16)3-2-13-4-8-15(17)9-5-13/h2-11H,1H3. The molecule has 2 rings (SSSR count). The highest BCUT2D eigenvalue weighted by Gasteiger charge is 1.96. The third-order valence-electron chi connectivity index (χ3n) is 2.48. The maximum atomic E-state index is 10.8. The van der Waals surface area contributed by atoms with E-state index in [9.17, 15) is 4.79 Å². The fourth-order valence-corrected chi connectivity index (χ4v) is 1.84. The van der Waals surface area contributed by atoms with Crippen molar-refractivity contribution in [1.29, 1.82) is 0 Å². The lowest BCUT2D eigenvalue weighted by Gasteiger charge is -2.01. The Kier molecular flexibility index (Phi) is 4.53. The molecule has 2 nitrogen and oxygen atoms in total. The van der Waals surface area contributed by atoms with Crippen LogP contribution in [-0.4, -0.2) is 5.97 Å². The van der Waals surface area contributed by atoms with Crippen molar-refractivity contribution in [2.75, 3.05) is 0 Å². The highest BCUT2D eigenvalue weighted by molar-refractivity contribution is 9.10. The Morgan fingerprint density at radius 3 is 1.89 bits per heavy atom. The summed E-state index contributed by atoms with van der Waals surface area (Å²) in [7, 11) is 0. The van der Waals surface area contributed by atoms with E-state index in [4.69, 9.17) is 4.74 Å². The number of ether oxygens (including phenoxy) is 1. The van der Waals surface area contributed by atoms with E-state index in [1.165, 1.54) is 6.92 Å². The number of esters is 1. The third-order valence-corrected chi connectivity index (χ3v) is 3.01. The first-order chi connectivity index (χ1) is 9.13. The molecule has 19 heavy (non-hydrogen) atoms. The van der Waals surface area contributed by atoms with E-state index in [0.29, 0.717) is 5.75 Å². The van der Waals surface area contributed by atoms with Crippen molar-refractivity contribution in [2.24, 2.45) is 0 Å². The molecule has 0 radical (unpaired) electrons. The number of rotatable bonds is 3. The predicted octanol–water partition coefficient (Wildman–Crippen LogP) is 4.54. The number of hydrogen-bond acceptors (Lipinski definition) is 2. The van der Waals surface area contributed by atoms with Gasteiger partial charge in [0.05, 0.1) is 0 Å². The van der Waals surface area contributed by atoms with E-state index >= 15 is 0 Å². The average Bonchev–Trinajstić information content (AvgIpc) is 2.39. The van der Waals surface area contributed by atoms with Crippen molar-refractivity contribution in [2.45, 2.75) is 6.92 Å². The molecule has 0 saturated heterocycles. The van der Waals surface area contributed by atoms with Gasteiger partial charge in [0, 0.05) is 11.4 Å². The maximum absolute atomic E-state index is 10.8. The Labute approximate surface area is 120 Å². The third kappa shape index (κ3) is 4.38. The summed E-state index contributed by atoms with van der Waals surface area (Å²) in [5.74, 6) is 0.256. The predicted molar refractivity (Wildman–Crippen MR) is 80.8 cm³/mol. The number of carbonyl (C=O) groups is 1. The molecule has 0 aliphatic heterocycles. The maximum Gasteiger partial charge on any atom is 0.308 e. The van der Waals surface area contributed by atoms with Gasteiger partial charge in [-0.15, -0.1) is 0 Å². The van der Waals surface area contributed by atoms with Crippen molar-refractivity contribution in [3.8, 4) is 5.75 Å². The lowest BCUT2D eigenvalue weighted by molar-refractivity contribution is -0.131. The summed E-state index contributed by atoms with van der Waals surface area (Å²) < 4.78 is 6.04. The van der Waals surface area contributed by atoms with Crippen molar-refractivity contribution < 1.29 is 9.53 Å². The minimum Gasteiger partial charge on any atom is -0.427 e. The zero-order valence-electron chi connectivity index (χ0n) is 10.5. The lowest BCUT2D eigenvalue weighted by Crippen LogP contribution is -2.00. The van der Waals surface area contributed by atoms with Crippen LogP contribution >= 0.6 is 15.9 Å². The first-order valence-electron chi connectivity index (χ1n) is 5.85. The summed E-state index contributed by atoms with van der Waals surface area (Å²) in [6, 6.07) is 15.5. The molecule has 0 aliphatic carbocycles. The Balaban J connectivity index is 2.06. The molecule has 0 aromatic heterocycles. The number of carbonyl (C=O) groups excluding carboxylic acids is 1. The largest absolute Gasteiger partial charge is 0.427 e. The van der Waals surface area contributed by atoms with Crippen molar-refractivity contribution in [1.82, 2.24) is 0 Å². The summed E-state index contributed by atoms with van der Waals surface area (Å²) in [6.07, 6.45) is 4.05. The minimum atomic E-state index is -0.307. The molecule has 0 N–H and O–H groups in total. The van der Waals surface area contributed by atoms with Crippen LogP contribution in [0.2, 0.25) is 0 Å². The first-order valence-corrected chi connectivity index (χ1v) is 6.65. The van der Waals surface area contributed by atoms with Gasteiger partial charge in [0.25, 0.3) is 0 Å². The van der Waals surface area contributed by atoms with Gasteiger partial charge in [0.1, 0.15) is 5.75 Å². The Bertz CT molecular complexity index is 583. The van der Waals surface area contributed by atoms with Gasteiger partial charge in [0.2, 0.25) is 0 Å². The van der Waals surface area contributed by atoms with Crippen molar-refractivity contribution in [3.05, 3.63) is 64.1 Å². The van der Waals surface area contributed by atoms with Crippen LogP contribution in [0.5, 0.6) is 5.75 Å². The SMILES string of the molecule is CC(=O)Oc1ccc(C=Cc2ccc(Br)cc2)cc1. The average molecular weight is 317 g/mol. The number of benzene rings is 2. The van der Waals surface area contributed by atoms with Crippen LogP contribution in [0, 0.1) is 0 Å². The zero-order valence-corrected chi connectivity index (χ0v) is 12.1. The van der Waals surface area contributed by atoms with Crippen molar-refractivity contribution >= 4 is 34.1 Å². The quantitative estimate of drug-likeness (QED) is 0.472. The van der Waals surface area contributed by atoms with E-state index in [0.717, 1.165) is 15.6 Å². The van der Waals surface area contributed by atoms with Crippen LogP contribution in [0.3, 0.4) is 0 Å². The van der Waals surface area contributed by atoms with Crippen LogP contribution in [0.25, 0.3) is 12.2 Å². The summed E-state index contributed by atoms with van der Waals surface area (Å²) in [4.78, 5) is 10.8. The van der Waals surface area contributed by atoms with Crippen LogP contribution < -0.4 is 4.74 Å². The van der Waals surface area contributed by atoms with Gasteiger partial charge in [-0.1, -0.05) is 52.3 Å². The molecule has 0 aliphatic rings. The Morgan fingerprint density at radius 2 is 1.42 bits per heavy atom. The van der Waals surface area contributed by atoms with E-state index in [1.54, 1.807) is 12.1 Å². The Morgan fingerprint density at radius 1 is 0.947 bits per heavy atom. The van der Waals surface area contributed by atoms with Crippen LogP contribution in [0.15, 0.2) is 53.0 Å². The Hall–Kier alpha value is -1.87. The molecule has 0 heterocycles. The highest BCUT2D eigenvalue weighted by Crippen LogP contribution is 2.16. The summed E-state index contributed by atoms with van der Waals surface area (Å²) in [6.45, 7) is 1.39. The van der Waals surface area contributed by atoms with Crippen molar-refractivity contribution in [3.63, 3.8) is 0 Å². The normalized spacial score (nSPS) is 10.6. The number of halogens is 1. The second kappa shape index (κ2) is 6.34. The smallest absolute Gasteiger partial charge is 0.308 e. The number of hydrogen-bond donors (Lipinski definition) is 0. The van der Waals surface area contributed by atoms with E-state index in [1.807, 2.05) is 48.6 Å². The van der Waals surface area contributed by atoms with Gasteiger partial charge in [-0.25, -0.2) is 0 Å². The van der Waals surface area contributed by atoms with E-state index in [-0.39, 0.29) is 5.97 Å². The molecular formula is C16H13BrO2. The van der Waals surface area contributed by atoms with Gasteiger partial charge in [0.15, 0.2) is 0 Å². The van der Waals surface area contributed by atoms with E-state index < -0.39 is 0 Å². The molecule has 0 unspecified atom stereocenters. The topological polar surface area (TPSA) is 26.3 Å². The fourth-order valence-electron chi connectivity index (χ4n) is 1.58. The van der Waals surface area contributed by atoms with Gasteiger partial charge in [-0.2, -0.15) is 0 Å². The molecular weight excluding hydrogens is 304 g/mol. The molecule has 96 valence electrons. The summed E-state index contributed by atoms with van der Waals surface area (Å²) >= 11 is 3.40. The zero-order chi connectivity index (χ0) is 13.7. The highest BCUT2D eigenvalue weighted by atomic mass is 79.9. The summed E-state index contributed by atoms with van der Waals surface area (Å²) in [5, 5.41) is 0. The molecule has 0 fully saturated rings. The first kappa shape index (κ1) is 13.6. The van der Waals surface area contributed by atoms with Crippen LogP contribution in [0.4, 0.5) is 0 Å². The van der Waals surface area contributed by atoms with Crippen LogP contribution in [0.1, 0.15) is 18.1 Å². The molecule has 0 bridgehead atoms. The molecule has 0 spiro atoms. The van der Waals surface area contributed by atoms with Gasteiger partial charge in [-0.05, 0) is 35.4 Å². The van der Waals surface area contributed by atoms with E-state index in [2.05, 4.69) is 15.9 Å². The minimum absolute atomic E-state index is 0.307. The monoisotopic (exact) mass is 316 g/mol. The lowest BCUT2D eigenvalue weighted by atomic mass is 10.1. The van der Waals surface area contributed by atoms with Gasteiger partial charge >= 0.3 is 5.97 Å². The molecule has 0 saturated carbocycles. The molecule has 0 amide bonds. The molecule has 3 heteroatoms. The van der Waals surface area contributed by atoms with Gasteiger partial charge < -0.3 is 4.74 Å². The fraction of sp³-hybridized carbons (Fsp3) is 0.0625. The van der Waals surface area contributed by atoms with Gasteiger partial charge in [-0.3, -0.25) is 4.79 Å². The molecule has 2 aromatic rings. The molecule has 2 aromatic carbocycles. The molecule has 0 atom stereocenters.